The van der Waals surface area contributed by atoms with Crippen LogP contribution in [0.2, 0.25) is 0 Å². The summed E-state index contributed by atoms with van der Waals surface area (Å²) in [6, 6.07) is 0. The highest BCUT2D eigenvalue weighted by Gasteiger charge is 2.20. The summed E-state index contributed by atoms with van der Waals surface area (Å²) in [6.45, 7) is 1.16. The Morgan fingerprint density at radius 1 is 1.33 bits per heavy atom. The highest BCUT2D eigenvalue weighted by atomic mass is 35.7. The average molecular weight is 346 g/mol. The van der Waals surface area contributed by atoms with Gasteiger partial charge in [0, 0.05) is 44.9 Å². The molecule has 0 saturated carbocycles. The molecule has 9 heteroatoms. The normalized spacial score (nSPS) is 14.0. The summed E-state index contributed by atoms with van der Waals surface area (Å²) in [5, 5.41) is 17.8. The third-order valence-corrected chi connectivity index (χ3v) is 3.40. The largest absolute Gasteiger partial charge is 0.394 e. The molecule has 21 heavy (non-hydrogen) atoms. The Labute approximate surface area is 134 Å². The van der Waals surface area contributed by atoms with Gasteiger partial charge >= 0.3 is 0 Å². The standard InChI is InChI=1S/C12H24ClNO6S/c1-18-5-3-4-14(12(17)21-13)6-11(9-19-2)20-8-10(16)7-15/h10-11,15-16H,3-9H2,1-2H3. The number of ether oxygens (including phenoxy) is 3. The molecule has 7 nitrogen and oxygen atoms in total. The van der Waals surface area contributed by atoms with Gasteiger partial charge in [-0.2, -0.15) is 0 Å². The van der Waals surface area contributed by atoms with Crippen LogP contribution in [0.4, 0.5) is 4.79 Å². The summed E-state index contributed by atoms with van der Waals surface area (Å²) in [5.74, 6) is 0. The van der Waals surface area contributed by atoms with E-state index in [-0.39, 0.29) is 31.6 Å². The van der Waals surface area contributed by atoms with Crippen LogP contribution in [-0.4, -0.2) is 86.3 Å². The second-order valence-electron chi connectivity index (χ2n) is 4.38. The molecule has 0 aliphatic rings. The van der Waals surface area contributed by atoms with Crippen LogP contribution in [0.3, 0.4) is 0 Å². The summed E-state index contributed by atoms with van der Waals surface area (Å²) >= 11 is 0. The number of aliphatic hydroxyl groups is 2. The van der Waals surface area contributed by atoms with Gasteiger partial charge in [-0.05, 0) is 17.1 Å². The smallest absolute Gasteiger partial charge is 0.297 e. The van der Waals surface area contributed by atoms with Crippen molar-refractivity contribution in [2.24, 2.45) is 0 Å². The molecule has 0 fully saturated rings. The summed E-state index contributed by atoms with van der Waals surface area (Å²) in [5.41, 5.74) is 0. The lowest BCUT2D eigenvalue weighted by atomic mass is 10.3. The first-order chi connectivity index (χ1) is 10.1. The maximum atomic E-state index is 11.8. The Morgan fingerprint density at radius 2 is 2.05 bits per heavy atom. The van der Waals surface area contributed by atoms with E-state index in [9.17, 15) is 9.90 Å². The van der Waals surface area contributed by atoms with Crippen LogP contribution >= 0.6 is 21.7 Å². The lowest BCUT2D eigenvalue weighted by molar-refractivity contribution is -0.0587. The SMILES string of the molecule is COCCCN(CC(COC)OCC(O)CO)C(=O)SCl. The highest BCUT2D eigenvalue weighted by molar-refractivity contribution is 8.32. The fraction of sp³-hybridized carbons (Fsp3) is 0.917. The Kier molecular flexibility index (Phi) is 13.5. The molecule has 0 saturated heterocycles. The minimum Gasteiger partial charge on any atom is -0.394 e. The second-order valence-corrected chi connectivity index (χ2v) is 5.35. The predicted molar refractivity (Wildman–Crippen MR) is 81.6 cm³/mol. The molecule has 0 aromatic carbocycles. The molecule has 0 aliphatic heterocycles. The van der Waals surface area contributed by atoms with E-state index in [0.717, 1.165) is 0 Å². The molecule has 0 heterocycles. The Balaban J connectivity index is 4.44. The minimum absolute atomic E-state index is 0.0291. The van der Waals surface area contributed by atoms with Crippen molar-refractivity contribution in [2.45, 2.75) is 18.6 Å². The summed E-state index contributed by atoms with van der Waals surface area (Å²) in [4.78, 5) is 13.3. The Bertz CT molecular complexity index is 274. The van der Waals surface area contributed by atoms with E-state index in [4.69, 9.17) is 30.0 Å². The van der Waals surface area contributed by atoms with Gasteiger partial charge < -0.3 is 29.3 Å². The number of hydrogen-bond donors (Lipinski definition) is 2. The van der Waals surface area contributed by atoms with E-state index in [0.29, 0.717) is 30.5 Å². The first kappa shape index (κ1) is 20.9. The zero-order valence-corrected chi connectivity index (χ0v) is 13.9. The molecule has 1 amide bonds. The van der Waals surface area contributed by atoms with Gasteiger partial charge in [-0.3, -0.25) is 4.79 Å². The van der Waals surface area contributed by atoms with Crippen LogP contribution in [0.5, 0.6) is 0 Å². The second kappa shape index (κ2) is 13.6. The topological polar surface area (TPSA) is 88.5 Å². The number of carbonyl (C=O) groups excluding carboxylic acids is 1. The Hall–Kier alpha value is -0.0900. The lowest BCUT2D eigenvalue weighted by Gasteiger charge is -2.27. The number of carbonyl (C=O) groups is 1. The molecule has 0 aromatic heterocycles. The zero-order chi connectivity index (χ0) is 16.1. The average Bonchev–Trinajstić information content (AvgIpc) is 2.50. The van der Waals surface area contributed by atoms with Gasteiger partial charge in [-0.25, -0.2) is 0 Å². The predicted octanol–water partition coefficient (Wildman–Crippen LogP) is 0.717. The van der Waals surface area contributed by atoms with Crippen LogP contribution in [0.25, 0.3) is 0 Å². The van der Waals surface area contributed by atoms with E-state index < -0.39 is 12.2 Å². The fourth-order valence-corrected chi connectivity index (χ4v) is 2.15. The molecule has 2 N–H and O–H groups in total. The van der Waals surface area contributed by atoms with Gasteiger partial charge in [0.05, 0.1) is 25.9 Å². The molecule has 0 bridgehead atoms. The van der Waals surface area contributed by atoms with Crippen molar-refractivity contribution in [2.75, 3.05) is 53.7 Å². The van der Waals surface area contributed by atoms with Crippen LogP contribution in [0.15, 0.2) is 0 Å². The number of rotatable bonds is 12. The van der Waals surface area contributed by atoms with Crippen molar-refractivity contribution in [3.05, 3.63) is 0 Å². The monoisotopic (exact) mass is 345 g/mol. The molecule has 0 rings (SSSR count). The third-order valence-electron chi connectivity index (χ3n) is 2.61. The molecule has 0 aromatic rings. The molecular formula is C12H24ClNO6S. The molecule has 2 atom stereocenters. The third kappa shape index (κ3) is 10.3. The van der Waals surface area contributed by atoms with E-state index in [1.165, 1.54) is 7.11 Å². The van der Waals surface area contributed by atoms with Gasteiger partial charge in [0.2, 0.25) is 0 Å². The first-order valence-corrected chi connectivity index (χ1v) is 8.19. The number of nitrogens with zero attached hydrogens (tertiary/aromatic N) is 1. The number of hydrogen-bond acceptors (Lipinski definition) is 7. The van der Waals surface area contributed by atoms with Crippen molar-refractivity contribution in [1.82, 2.24) is 4.90 Å². The minimum atomic E-state index is -0.954. The fourth-order valence-electron chi connectivity index (χ4n) is 1.59. The summed E-state index contributed by atoms with van der Waals surface area (Å²) in [6.07, 6.45) is -0.686. The molecule has 2 unspecified atom stereocenters. The van der Waals surface area contributed by atoms with E-state index >= 15 is 0 Å². The molecule has 0 spiro atoms. The van der Waals surface area contributed by atoms with Crippen molar-refractivity contribution in [1.29, 1.82) is 0 Å². The van der Waals surface area contributed by atoms with Crippen LogP contribution in [0, 0.1) is 0 Å². The number of halogens is 1. The van der Waals surface area contributed by atoms with E-state index in [1.54, 1.807) is 12.0 Å². The van der Waals surface area contributed by atoms with E-state index in [1.807, 2.05) is 0 Å². The van der Waals surface area contributed by atoms with Crippen molar-refractivity contribution < 1.29 is 29.2 Å². The number of aliphatic hydroxyl groups excluding tert-OH is 2. The quantitative estimate of drug-likeness (QED) is 0.504. The molecular weight excluding hydrogens is 322 g/mol. The van der Waals surface area contributed by atoms with Gasteiger partial charge in [-0.15, -0.1) is 0 Å². The van der Waals surface area contributed by atoms with Gasteiger partial charge in [0.1, 0.15) is 6.10 Å². The molecule has 126 valence electrons. The Morgan fingerprint density at radius 3 is 2.57 bits per heavy atom. The van der Waals surface area contributed by atoms with Crippen molar-refractivity contribution in [3.8, 4) is 0 Å². The summed E-state index contributed by atoms with van der Waals surface area (Å²) < 4.78 is 15.4. The number of methoxy groups -OCH3 is 2. The van der Waals surface area contributed by atoms with E-state index in [2.05, 4.69) is 0 Å². The van der Waals surface area contributed by atoms with Crippen molar-refractivity contribution >= 4 is 26.9 Å². The maximum absolute atomic E-state index is 11.8. The zero-order valence-electron chi connectivity index (χ0n) is 12.4. The van der Waals surface area contributed by atoms with Crippen molar-refractivity contribution in [3.63, 3.8) is 0 Å². The van der Waals surface area contributed by atoms with Crippen LogP contribution < -0.4 is 0 Å². The first-order valence-electron chi connectivity index (χ1n) is 6.54. The lowest BCUT2D eigenvalue weighted by Crippen LogP contribution is -2.40. The van der Waals surface area contributed by atoms with Gasteiger partial charge in [0.25, 0.3) is 5.24 Å². The summed E-state index contributed by atoms with van der Waals surface area (Å²) in [7, 11) is 9.24. The van der Waals surface area contributed by atoms with Crippen LogP contribution in [0.1, 0.15) is 6.42 Å². The number of amides is 1. The molecule has 0 aliphatic carbocycles. The van der Waals surface area contributed by atoms with Gasteiger partial charge in [0.15, 0.2) is 0 Å². The van der Waals surface area contributed by atoms with Crippen LogP contribution in [-0.2, 0) is 14.2 Å². The van der Waals surface area contributed by atoms with Gasteiger partial charge in [-0.1, -0.05) is 0 Å². The maximum Gasteiger partial charge on any atom is 0.297 e. The highest BCUT2D eigenvalue weighted by Crippen LogP contribution is 2.15. The molecule has 0 radical (unpaired) electrons.